The molecule has 1 amide bonds. The minimum Gasteiger partial charge on any atom is -0.347 e. The van der Waals surface area contributed by atoms with Crippen LogP contribution in [0.2, 0.25) is 0 Å². The lowest BCUT2D eigenvalue weighted by molar-refractivity contribution is -0.122. The van der Waals surface area contributed by atoms with E-state index in [4.69, 9.17) is 0 Å². The topological polar surface area (TPSA) is 45.2 Å². The lowest BCUT2D eigenvalue weighted by Gasteiger charge is -2.19. The van der Waals surface area contributed by atoms with Crippen LogP contribution in [0.5, 0.6) is 0 Å². The van der Waals surface area contributed by atoms with Crippen LogP contribution >= 0.6 is 0 Å². The Balaban J connectivity index is 1.86. The minimum absolute atomic E-state index is 0.0628. The lowest BCUT2D eigenvalue weighted by Crippen LogP contribution is -2.36. The Morgan fingerprint density at radius 2 is 2.00 bits per heavy atom. The molecule has 1 aromatic carbocycles. The van der Waals surface area contributed by atoms with E-state index in [1.54, 1.807) is 18.3 Å². The van der Waals surface area contributed by atoms with Gasteiger partial charge in [-0.3, -0.25) is 14.7 Å². The van der Waals surface area contributed by atoms with E-state index in [-0.39, 0.29) is 24.3 Å². The molecule has 1 heterocycles. The van der Waals surface area contributed by atoms with Crippen LogP contribution in [0.4, 0.5) is 4.39 Å². The van der Waals surface area contributed by atoms with Crippen molar-refractivity contribution in [1.29, 1.82) is 0 Å². The van der Waals surface area contributed by atoms with Crippen LogP contribution in [0, 0.1) is 12.7 Å². The molecule has 1 atom stereocenters. The van der Waals surface area contributed by atoms with Gasteiger partial charge in [0.2, 0.25) is 5.91 Å². The molecule has 4 nitrogen and oxygen atoms in total. The number of amides is 1. The molecule has 0 aliphatic carbocycles. The van der Waals surface area contributed by atoms with Crippen molar-refractivity contribution in [3.63, 3.8) is 0 Å². The van der Waals surface area contributed by atoms with E-state index in [2.05, 4.69) is 10.3 Å². The number of rotatable bonds is 6. The van der Waals surface area contributed by atoms with Crippen molar-refractivity contribution in [2.75, 3.05) is 13.6 Å². The summed E-state index contributed by atoms with van der Waals surface area (Å²) in [5.41, 5.74) is 2.90. The Bertz CT molecular complexity index is 658. The molecule has 0 spiro atoms. The van der Waals surface area contributed by atoms with Crippen molar-refractivity contribution >= 4 is 5.91 Å². The van der Waals surface area contributed by atoms with Gasteiger partial charge in [0.25, 0.3) is 0 Å². The highest BCUT2D eigenvalue weighted by molar-refractivity contribution is 5.78. The first kappa shape index (κ1) is 17.1. The highest BCUT2D eigenvalue weighted by Gasteiger charge is 2.14. The Kier molecular flexibility index (Phi) is 5.82. The first-order valence-electron chi connectivity index (χ1n) is 7.59. The SMILES string of the molecule is Cc1cccnc1C(C)NC(=O)CN(C)Cc1ccc(F)cc1. The predicted molar refractivity (Wildman–Crippen MR) is 88.3 cm³/mol. The van der Waals surface area contributed by atoms with Crippen LogP contribution in [-0.2, 0) is 11.3 Å². The van der Waals surface area contributed by atoms with Crippen molar-refractivity contribution in [1.82, 2.24) is 15.2 Å². The van der Waals surface area contributed by atoms with Crippen LogP contribution < -0.4 is 5.32 Å². The Hall–Kier alpha value is -2.27. The normalized spacial score (nSPS) is 12.2. The molecule has 23 heavy (non-hydrogen) atoms. The molecule has 0 aliphatic rings. The number of likely N-dealkylation sites (N-methyl/N-ethyl adjacent to an activating group) is 1. The molecule has 122 valence electrons. The zero-order chi connectivity index (χ0) is 16.8. The second-order valence-electron chi connectivity index (χ2n) is 5.79. The molecule has 0 bridgehead atoms. The zero-order valence-electron chi connectivity index (χ0n) is 13.7. The number of carbonyl (C=O) groups is 1. The fourth-order valence-electron chi connectivity index (χ4n) is 2.51. The number of hydrogen-bond donors (Lipinski definition) is 1. The number of aryl methyl sites for hydroxylation is 1. The van der Waals surface area contributed by atoms with E-state index in [0.717, 1.165) is 16.8 Å². The van der Waals surface area contributed by atoms with Crippen molar-refractivity contribution in [3.05, 3.63) is 65.2 Å². The third kappa shape index (κ3) is 5.14. The molecule has 2 rings (SSSR count). The number of nitrogens with one attached hydrogen (secondary N) is 1. The summed E-state index contributed by atoms with van der Waals surface area (Å²) in [6.07, 6.45) is 1.73. The van der Waals surface area contributed by atoms with Gasteiger partial charge in [-0.1, -0.05) is 18.2 Å². The van der Waals surface area contributed by atoms with E-state index in [9.17, 15) is 9.18 Å². The van der Waals surface area contributed by atoms with Gasteiger partial charge in [-0.25, -0.2) is 4.39 Å². The Morgan fingerprint density at radius 3 is 2.65 bits per heavy atom. The monoisotopic (exact) mass is 315 g/mol. The second kappa shape index (κ2) is 7.83. The molecule has 1 unspecified atom stereocenters. The van der Waals surface area contributed by atoms with Gasteiger partial charge in [0.15, 0.2) is 0 Å². The molecule has 1 N–H and O–H groups in total. The summed E-state index contributed by atoms with van der Waals surface area (Å²) in [4.78, 5) is 18.4. The number of benzene rings is 1. The summed E-state index contributed by atoms with van der Waals surface area (Å²) in [5, 5.41) is 2.96. The van der Waals surface area contributed by atoms with Crippen molar-refractivity contribution in [2.45, 2.75) is 26.4 Å². The highest BCUT2D eigenvalue weighted by Crippen LogP contribution is 2.13. The van der Waals surface area contributed by atoms with Crippen LogP contribution in [0.3, 0.4) is 0 Å². The van der Waals surface area contributed by atoms with E-state index >= 15 is 0 Å². The van der Waals surface area contributed by atoms with Crippen LogP contribution in [0.25, 0.3) is 0 Å². The van der Waals surface area contributed by atoms with Crippen LogP contribution in [-0.4, -0.2) is 29.4 Å². The maximum atomic E-state index is 12.9. The van der Waals surface area contributed by atoms with Gasteiger partial charge in [-0.15, -0.1) is 0 Å². The molecule has 2 aromatic rings. The van der Waals surface area contributed by atoms with Crippen molar-refractivity contribution in [3.8, 4) is 0 Å². The highest BCUT2D eigenvalue weighted by atomic mass is 19.1. The van der Waals surface area contributed by atoms with E-state index < -0.39 is 0 Å². The summed E-state index contributed by atoms with van der Waals surface area (Å²) in [7, 11) is 1.86. The maximum absolute atomic E-state index is 12.9. The quantitative estimate of drug-likeness (QED) is 0.891. The van der Waals surface area contributed by atoms with Crippen LogP contribution in [0.1, 0.15) is 29.8 Å². The van der Waals surface area contributed by atoms with Gasteiger partial charge in [0.1, 0.15) is 5.82 Å². The molecular weight excluding hydrogens is 293 g/mol. The third-order valence-corrected chi connectivity index (χ3v) is 3.62. The van der Waals surface area contributed by atoms with E-state index in [0.29, 0.717) is 6.54 Å². The third-order valence-electron chi connectivity index (χ3n) is 3.62. The molecular formula is C18H22FN3O. The molecule has 0 radical (unpaired) electrons. The Labute approximate surface area is 136 Å². The molecule has 1 aromatic heterocycles. The van der Waals surface area contributed by atoms with Crippen molar-refractivity contribution in [2.24, 2.45) is 0 Å². The number of pyridine rings is 1. The summed E-state index contributed by atoms with van der Waals surface area (Å²) < 4.78 is 12.9. The summed E-state index contributed by atoms with van der Waals surface area (Å²) in [5.74, 6) is -0.319. The van der Waals surface area contributed by atoms with Gasteiger partial charge in [-0.05, 0) is 50.2 Å². The standard InChI is InChI=1S/C18H22FN3O/c1-13-5-4-10-20-18(13)14(2)21-17(23)12-22(3)11-15-6-8-16(19)9-7-15/h4-10,14H,11-12H2,1-3H3,(H,21,23). The number of aromatic nitrogens is 1. The summed E-state index contributed by atoms with van der Waals surface area (Å²) >= 11 is 0. The lowest BCUT2D eigenvalue weighted by atomic mass is 10.1. The van der Waals surface area contributed by atoms with Gasteiger partial charge >= 0.3 is 0 Å². The second-order valence-corrected chi connectivity index (χ2v) is 5.79. The van der Waals surface area contributed by atoms with Gasteiger partial charge < -0.3 is 5.32 Å². The van der Waals surface area contributed by atoms with Crippen LogP contribution in [0.15, 0.2) is 42.6 Å². The predicted octanol–water partition coefficient (Wildman–Crippen LogP) is 2.84. The summed E-state index contributed by atoms with van der Waals surface area (Å²) in [6.45, 7) is 4.76. The average Bonchev–Trinajstić information content (AvgIpc) is 2.49. The molecule has 0 aliphatic heterocycles. The molecule has 5 heteroatoms. The zero-order valence-corrected chi connectivity index (χ0v) is 13.7. The summed E-state index contributed by atoms with van der Waals surface area (Å²) in [6, 6.07) is 10.0. The first-order chi connectivity index (χ1) is 11.0. The van der Waals surface area contributed by atoms with Crippen molar-refractivity contribution < 1.29 is 9.18 Å². The maximum Gasteiger partial charge on any atom is 0.234 e. The molecule has 0 saturated carbocycles. The largest absolute Gasteiger partial charge is 0.347 e. The number of carbonyl (C=O) groups excluding carboxylic acids is 1. The van der Waals surface area contributed by atoms with E-state index in [1.807, 2.05) is 37.9 Å². The first-order valence-corrected chi connectivity index (χ1v) is 7.59. The fourth-order valence-corrected chi connectivity index (χ4v) is 2.51. The van der Waals surface area contributed by atoms with Gasteiger partial charge in [0, 0.05) is 12.7 Å². The fraction of sp³-hybridized carbons (Fsp3) is 0.333. The Morgan fingerprint density at radius 1 is 1.30 bits per heavy atom. The minimum atomic E-state index is -0.256. The number of nitrogens with zero attached hydrogens (tertiary/aromatic N) is 2. The average molecular weight is 315 g/mol. The van der Waals surface area contributed by atoms with Gasteiger partial charge in [-0.2, -0.15) is 0 Å². The molecule has 0 fully saturated rings. The smallest absolute Gasteiger partial charge is 0.234 e. The van der Waals surface area contributed by atoms with E-state index in [1.165, 1.54) is 12.1 Å². The number of halogens is 1. The number of hydrogen-bond acceptors (Lipinski definition) is 3. The molecule has 0 saturated heterocycles. The van der Waals surface area contributed by atoms with Gasteiger partial charge in [0.05, 0.1) is 18.3 Å².